The molecule has 1 saturated heterocycles. The van der Waals surface area contributed by atoms with Crippen LogP contribution in [0.25, 0.3) is 0 Å². The SMILES string of the molecule is COC(=O)N1CCC(NC(=O)COc2ccccc2)CC1. The summed E-state index contributed by atoms with van der Waals surface area (Å²) in [7, 11) is 1.37. The topological polar surface area (TPSA) is 67.9 Å². The number of piperidine rings is 1. The molecule has 1 aromatic rings. The maximum Gasteiger partial charge on any atom is 0.409 e. The fourth-order valence-corrected chi connectivity index (χ4v) is 2.27. The van der Waals surface area contributed by atoms with Crippen molar-refractivity contribution in [2.75, 3.05) is 26.8 Å². The summed E-state index contributed by atoms with van der Waals surface area (Å²) in [6.07, 6.45) is 1.14. The van der Waals surface area contributed by atoms with Gasteiger partial charge in [-0.15, -0.1) is 0 Å². The van der Waals surface area contributed by atoms with Gasteiger partial charge in [-0.3, -0.25) is 4.79 Å². The zero-order valence-corrected chi connectivity index (χ0v) is 12.1. The van der Waals surface area contributed by atoms with Crippen molar-refractivity contribution in [2.24, 2.45) is 0 Å². The summed E-state index contributed by atoms with van der Waals surface area (Å²) < 4.78 is 10.1. The fraction of sp³-hybridized carbons (Fsp3) is 0.467. The summed E-state index contributed by atoms with van der Waals surface area (Å²) in [4.78, 5) is 24.8. The number of para-hydroxylation sites is 1. The molecule has 1 N–H and O–H groups in total. The van der Waals surface area contributed by atoms with E-state index in [2.05, 4.69) is 10.1 Å². The second-order valence-electron chi connectivity index (χ2n) is 4.90. The van der Waals surface area contributed by atoms with Crippen LogP contribution < -0.4 is 10.1 Å². The Morgan fingerprint density at radius 3 is 2.52 bits per heavy atom. The smallest absolute Gasteiger partial charge is 0.409 e. The van der Waals surface area contributed by atoms with E-state index in [4.69, 9.17) is 4.74 Å². The summed E-state index contributed by atoms with van der Waals surface area (Å²) in [5.41, 5.74) is 0. The minimum absolute atomic E-state index is 0.00122. The van der Waals surface area contributed by atoms with E-state index in [-0.39, 0.29) is 24.6 Å². The van der Waals surface area contributed by atoms with Crippen molar-refractivity contribution in [2.45, 2.75) is 18.9 Å². The molecule has 21 heavy (non-hydrogen) atoms. The molecule has 0 aromatic heterocycles. The number of hydrogen-bond donors (Lipinski definition) is 1. The third-order valence-corrected chi connectivity index (χ3v) is 3.41. The van der Waals surface area contributed by atoms with Gasteiger partial charge in [-0.1, -0.05) is 18.2 Å². The lowest BCUT2D eigenvalue weighted by Gasteiger charge is -2.31. The van der Waals surface area contributed by atoms with Crippen LogP contribution in [0, 0.1) is 0 Å². The minimum Gasteiger partial charge on any atom is -0.484 e. The van der Waals surface area contributed by atoms with Gasteiger partial charge in [0.25, 0.3) is 5.91 Å². The molecule has 0 atom stereocenters. The molecule has 0 unspecified atom stereocenters. The van der Waals surface area contributed by atoms with Crippen LogP contribution in [0.15, 0.2) is 30.3 Å². The monoisotopic (exact) mass is 292 g/mol. The second kappa shape index (κ2) is 7.52. The van der Waals surface area contributed by atoms with Gasteiger partial charge in [-0.2, -0.15) is 0 Å². The zero-order valence-electron chi connectivity index (χ0n) is 12.1. The van der Waals surface area contributed by atoms with Crippen molar-refractivity contribution < 1.29 is 19.1 Å². The van der Waals surface area contributed by atoms with Gasteiger partial charge < -0.3 is 19.7 Å². The van der Waals surface area contributed by atoms with Crippen LogP contribution in [0.4, 0.5) is 4.79 Å². The summed E-state index contributed by atoms with van der Waals surface area (Å²) in [5, 5.41) is 2.92. The molecule has 6 heteroatoms. The van der Waals surface area contributed by atoms with Crippen molar-refractivity contribution in [3.8, 4) is 5.75 Å². The lowest BCUT2D eigenvalue weighted by Crippen LogP contribution is -2.47. The maximum absolute atomic E-state index is 11.8. The van der Waals surface area contributed by atoms with Gasteiger partial charge in [0, 0.05) is 19.1 Å². The number of nitrogens with zero attached hydrogens (tertiary/aromatic N) is 1. The molecular formula is C15H20N2O4. The summed E-state index contributed by atoms with van der Waals surface area (Å²) in [6, 6.07) is 9.30. The highest BCUT2D eigenvalue weighted by Gasteiger charge is 2.24. The number of benzene rings is 1. The first kappa shape index (κ1) is 15.2. The molecule has 0 radical (unpaired) electrons. The molecule has 0 bridgehead atoms. The molecule has 1 heterocycles. The van der Waals surface area contributed by atoms with Crippen molar-refractivity contribution in [3.63, 3.8) is 0 Å². The van der Waals surface area contributed by atoms with Crippen LogP contribution >= 0.6 is 0 Å². The van der Waals surface area contributed by atoms with Crippen molar-refractivity contribution in [1.29, 1.82) is 0 Å². The predicted molar refractivity (Wildman–Crippen MR) is 77.1 cm³/mol. The van der Waals surface area contributed by atoms with Gasteiger partial charge in [0.2, 0.25) is 0 Å². The number of carbonyl (C=O) groups is 2. The second-order valence-corrected chi connectivity index (χ2v) is 4.90. The number of carbonyl (C=O) groups excluding carboxylic acids is 2. The summed E-state index contributed by atoms with van der Waals surface area (Å²) >= 11 is 0. The van der Waals surface area contributed by atoms with E-state index in [1.165, 1.54) is 7.11 Å². The highest BCUT2D eigenvalue weighted by Crippen LogP contribution is 2.11. The molecule has 0 saturated carbocycles. The molecule has 1 aromatic carbocycles. The number of ether oxygens (including phenoxy) is 2. The Balaban J connectivity index is 1.68. The van der Waals surface area contributed by atoms with E-state index in [1.54, 1.807) is 4.90 Å². The molecular weight excluding hydrogens is 272 g/mol. The van der Waals surface area contributed by atoms with Crippen LogP contribution in [-0.2, 0) is 9.53 Å². The van der Waals surface area contributed by atoms with E-state index >= 15 is 0 Å². The number of rotatable bonds is 4. The van der Waals surface area contributed by atoms with Gasteiger partial charge in [0.1, 0.15) is 5.75 Å². The van der Waals surface area contributed by atoms with E-state index < -0.39 is 0 Å². The van der Waals surface area contributed by atoms with Crippen molar-refractivity contribution in [3.05, 3.63) is 30.3 Å². The van der Waals surface area contributed by atoms with Crippen LogP contribution in [0.1, 0.15) is 12.8 Å². The van der Waals surface area contributed by atoms with Gasteiger partial charge in [0.15, 0.2) is 6.61 Å². The third kappa shape index (κ3) is 4.66. The number of amides is 2. The minimum atomic E-state index is -0.313. The van der Waals surface area contributed by atoms with Gasteiger partial charge in [-0.05, 0) is 25.0 Å². The highest BCUT2D eigenvalue weighted by atomic mass is 16.5. The van der Waals surface area contributed by atoms with Crippen LogP contribution in [0.5, 0.6) is 5.75 Å². The Morgan fingerprint density at radius 2 is 1.90 bits per heavy atom. The Morgan fingerprint density at radius 1 is 1.24 bits per heavy atom. The van der Waals surface area contributed by atoms with E-state index in [0.717, 1.165) is 12.8 Å². The standard InChI is InChI=1S/C15H20N2O4/c1-20-15(19)17-9-7-12(8-10-17)16-14(18)11-21-13-5-3-2-4-6-13/h2-6,12H,7-11H2,1H3,(H,16,18). The number of methoxy groups -OCH3 is 1. The zero-order chi connectivity index (χ0) is 15.1. The largest absolute Gasteiger partial charge is 0.484 e. The van der Waals surface area contributed by atoms with Crippen LogP contribution in [0.2, 0.25) is 0 Å². The molecule has 2 amide bonds. The maximum atomic E-state index is 11.8. The molecule has 114 valence electrons. The molecule has 1 fully saturated rings. The lowest BCUT2D eigenvalue weighted by atomic mass is 10.1. The normalized spacial score (nSPS) is 15.4. The van der Waals surface area contributed by atoms with Crippen LogP contribution in [0.3, 0.4) is 0 Å². The summed E-state index contributed by atoms with van der Waals surface area (Å²) in [5.74, 6) is 0.531. The molecule has 0 aliphatic carbocycles. The quantitative estimate of drug-likeness (QED) is 0.911. The van der Waals surface area contributed by atoms with Crippen molar-refractivity contribution in [1.82, 2.24) is 10.2 Å². The van der Waals surface area contributed by atoms with Gasteiger partial charge in [0.05, 0.1) is 7.11 Å². The van der Waals surface area contributed by atoms with Crippen LogP contribution in [-0.4, -0.2) is 49.7 Å². The first-order chi connectivity index (χ1) is 10.2. The first-order valence-electron chi connectivity index (χ1n) is 6.99. The number of hydrogen-bond acceptors (Lipinski definition) is 4. The predicted octanol–water partition coefficient (Wildman–Crippen LogP) is 1.41. The third-order valence-electron chi connectivity index (χ3n) is 3.41. The van der Waals surface area contributed by atoms with Crippen molar-refractivity contribution >= 4 is 12.0 Å². The molecule has 1 aliphatic rings. The number of nitrogens with one attached hydrogen (secondary N) is 1. The Labute approximate surface area is 124 Å². The molecule has 0 spiro atoms. The van der Waals surface area contributed by atoms with E-state index in [1.807, 2.05) is 30.3 Å². The van der Waals surface area contributed by atoms with Gasteiger partial charge in [-0.25, -0.2) is 4.79 Å². The Hall–Kier alpha value is -2.24. The Bertz CT molecular complexity index is 470. The first-order valence-corrected chi connectivity index (χ1v) is 6.99. The van der Waals surface area contributed by atoms with E-state index in [0.29, 0.717) is 18.8 Å². The van der Waals surface area contributed by atoms with E-state index in [9.17, 15) is 9.59 Å². The fourth-order valence-electron chi connectivity index (χ4n) is 2.27. The lowest BCUT2D eigenvalue weighted by molar-refractivity contribution is -0.124. The average molecular weight is 292 g/mol. The summed E-state index contributed by atoms with van der Waals surface area (Å²) in [6.45, 7) is 1.19. The number of likely N-dealkylation sites (tertiary alicyclic amines) is 1. The molecule has 6 nitrogen and oxygen atoms in total. The molecule has 1 aliphatic heterocycles. The molecule has 2 rings (SSSR count). The van der Waals surface area contributed by atoms with Gasteiger partial charge >= 0.3 is 6.09 Å². The Kier molecular flexibility index (Phi) is 5.43. The highest BCUT2D eigenvalue weighted by molar-refractivity contribution is 5.77. The average Bonchev–Trinajstić information content (AvgIpc) is 2.54.